The van der Waals surface area contributed by atoms with Crippen LogP contribution >= 0.6 is 0 Å². The van der Waals surface area contributed by atoms with E-state index in [1.807, 2.05) is 0 Å². The normalized spacial score (nSPS) is 8.29. The predicted molar refractivity (Wildman–Crippen MR) is 9.92 cm³/mol. The van der Waals surface area contributed by atoms with Gasteiger partial charge in [-0.1, -0.05) is 0 Å². The summed E-state index contributed by atoms with van der Waals surface area (Å²) in [7, 11) is 0. The van der Waals surface area contributed by atoms with Gasteiger partial charge in [-0.2, -0.15) is 0 Å². The van der Waals surface area contributed by atoms with E-state index in [0.29, 0.717) is 0 Å². The number of halogens is 1. The Hall–Kier alpha value is 1.77. The minimum atomic E-state index is -5.75. The van der Waals surface area contributed by atoms with Gasteiger partial charge in [-0.15, -0.1) is 0 Å². The maximum atomic E-state index is 8.59. The Balaban J connectivity index is -0.0000000800. The molecule has 0 rings (SSSR count). The van der Waals surface area contributed by atoms with Crippen LogP contribution in [0.25, 0.3) is 0 Å². The Morgan fingerprint density at radius 2 is 1.14 bits per heavy atom. The molecule has 0 bridgehead atoms. The van der Waals surface area contributed by atoms with Crippen molar-refractivity contribution in [1.82, 2.24) is 0 Å². The first kappa shape index (κ1) is 15.9. The number of rotatable bonds is 0. The van der Waals surface area contributed by atoms with Crippen molar-refractivity contribution in [3.63, 3.8) is 0 Å². The summed E-state index contributed by atoms with van der Waals surface area (Å²) < 4.78 is 34.4. The van der Waals surface area contributed by atoms with E-state index in [1.54, 1.807) is 0 Å². The minimum absolute atomic E-state index is 0. The van der Waals surface area contributed by atoms with Crippen LogP contribution in [0.5, 0.6) is 0 Å². The van der Waals surface area contributed by atoms with Crippen molar-refractivity contribution in [2.75, 3.05) is 0 Å². The van der Waals surface area contributed by atoms with E-state index in [0.717, 1.165) is 0 Å². The average Bonchev–Trinajstić information content (AvgIpc) is 0.722. The van der Waals surface area contributed by atoms with Gasteiger partial charge in [0.05, 0.1) is 0 Å². The number of hydrogen-bond donors (Lipinski definition) is 0. The van der Waals surface area contributed by atoms with Gasteiger partial charge in [0.25, 0.3) is 0 Å². The summed E-state index contributed by atoms with van der Waals surface area (Å²) in [5, 5.41) is 0. The molecule has 0 aromatic rings. The third-order valence-electron chi connectivity index (χ3n) is 0. The second-order valence-corrected chi connectivity index (χ2v) is 2.12. The summed E-state index contributed by atoms with van der Waals surface area (Å²) in [6, 6.07) is 0. The summed E-state index contributed by atoms with van der Waals surface area (Å²) in [6.45, 7) is 0. The average molecular weight is 295 g/mol. The van der Waals surface area contributed by atoms with E-state index in [4.69, 9.17) is 16.0 Å². The van der Waals surface area contributed by atoms with E-state index < -0.39 is 13.4 Å². The van der Waals surface area contributed by atoms with Crippen molar-refractivity contribution in [3.05, 3.63) is 0 Å². The van der Waals surface area contributed by atoms with Crippen molar-refractivity contribution >= 4 is 13.4 Å². The topological polar surface area (TPSA) is 80.3 Å². The van der Waals surface area contributed by atoms with Crippen molar-refractivity contribution in [2.45, 2.75) is 0 Å². The molecule has 0 aliphatic carbocycles. The molecule has 0 aliphatic heterocycles. The standard InChI is InChI=1S/H2I.Na.H2O4Se/c;;1-5(2,3)4/h1H2;;(H2,1,2,3,4)/q2*+1;/p-2. The summed E-state index contributed by atoms with van der Waals surface area (Å²) in [6.07, 6.45) is 0. The molecule has 4 nitrogen and oxygen atoms in total. The molecule has 0 atom stereocenters. The molecule has 0 aliphatic rings. The summed E-state index contributed by atoms with van der Waals surface area (Å²) in [5.74, 6) is 0. The zero-order chi connectivity index (χ0) is 4.50. The molecule has 0 N–H and O–H groups in total. The van der Waals surface area contributed by atoms with Crippen LogP contribution in [-0.2, 0) is 7.67 Å². The van der Waals surface area contributed by atoms with Crippen LogP contribution in [0.15, 0.2) is 0 Å². The maximum Gasteiger partial charge on any atom is 1.00 e. The van der Waals surface area contributed by atoms with Crippen LogP contribution < -0.4 is 61.9 Å². The second kappa shape index (κ2) is 5.90. The van der Waals surface area contributed by atoms with Crippen LogP contribution in [0.2, 0.25) is 0 Å². The van der Waals surface area contributed by atoms with E-state index in [9.17, 15) is 0 Å². The van der Waals surface area contributed by atoms with Crippen LogP contribution in [0.1, 0.15) is 0 Å². The first-order chi connectivity index (χ1) is 2.00. The van der Waals surface area contributed by atoms with Gasteiger partial charge in [-0.25, -0.2) is 0 Å². The van der Waals surface area contributed by atoms with Gasteiger partial charge >= 0.3 is 59.0 Å². The zero-order valence-corrected chi connectivity index (χ0v) is 9.75. The molecule has 7 heavy (non-hydrogen) atoms. The fraction of sp³-hybridized carbons (Fsp3) is 0. The first-order valence-corrected chi connectivity index (χ1v) is 3.46. The maximum absolute atomic E-state index is 8.59. The first-order valence-electron chi connectivity index (χ1n) is 0.667. The SMILES string of the molecule is O=[Se](=O)([O-])[O-].[IH2+].[Na+]. The van der Waals surface area contributed by atoms with E-state index in [1.165, 1.54) is 0 Å². The smallest absolute Gasteiger partial charge is 0.235 e. The third kappa shape index (κ3) is 82.6. The van der Waals surface area contributed by atoms with Gasteiger partial charge in [-0.3, -0.25) is 0 Å². The van der Waals surface area contributed by atoms with Crippen LogP contribution in [-0.4, -0.2) is 13.4 Å². The van der Waals surface area contributed by atoms with Crippen LogP contribution in [0, 0.1) is 0 Å². The Bertz CT molecular complexity index is 94.9. The molecule has 40 valence electrons. The van der Waals surface area contributed by atoms with Crippen molar-refractivity contribution < 1.29 is 69.6 Å². The van der Waals surface area contributed by atoms with Gasteiger partial charge in [0.15, 0.2) is 0 Å². The third-order valence-corrected chi connectivity index (χ3v) is 0. The molecule has 0 fully saturated rings. The Labute approximate surface area is 81.9 Å². The monoisotopic (exact) mass is 296 g/mol. The molecule has 0 aromatic carbocycles. The summed E-state index contributed by atoms with van der Waals surface area (Å²) >= 11 is -5.75. The van der Waals surface area contributed by atoms with Gasteiger partial charge in [0.2, 0.25) is 24.0 Å². The van der Waals surface area contributed by atoms with Gasteiger partial charge in [0.1, 0.15) is 0 Å². The summed E-state index contributed by atoms with van der Waals surface area (Å²) in [4.78, 5) is 0. The van der Waals surface area contributed by atoms with Crippen molar-refractivity contribution in [1.29, 1.82) is 0 Å². The molecule has 0 unspecified atom stereocenters. The Morgan fingerprint density at radius 3 is 1.14 bits per heavy atom. The van der Waals surface area contributed by atoms with Gasteiger partial charge < -0.3 is 0 Å². The Kier molecular flexibility index (Phi) is 13.4. The van der Waals surface area contributed by atoms with Gasteiger partial charge in [-0.05, 0) is 0 Å². The molecule has 0 amide bonds. The molecule has 0 aromatic heterocycles. The molecule has 0 spiro atoms. The fourth-order valence-corrected chi connectivity index (χ4v) is 0. The van der Waals surface area contributed by atoms with E-state index in [2.05, 4.69) is 0 Å². The number of hydrogen-bond acceptors (Lipinski definition) is 4. The fourth-order valence-electron chi connectivity index (χ4n) is 0. The van der Waals surface area contributed by atoms with Crippen molar-refractivity contribution in [3.8, 4) is 0 Å². The van der Waals surface area contributed by atoms with E-state index >= 15 is 0 Å². The molecule has 0 radical (unpaired) electrons. The van der Waals surface area contributed by atoms with Crippen molar-refractivity contribution in [2.24, 2.45) is 0 Å². The summed E-state index contributed by atoms with van der Waals surface area (Å²) in [5.41, 5.74) is 0. The molecular weight excluding hydrogens is 293 g/mol. The molecule has 0 saturated heterocycles. The quantitative estimate of drug-likeness (QED) is 0.328. The second-order valence-electron chi connectivity index (χ2n) is 0.408. The largest absolute Gasteiger partial charge is 1.00 e. The zero-order valence-electron chi connectivity index (χ0n) is 3.49. The molecule has 0 heterocycles. The molecule has 0 saturated carbocycles. The minimum Gasteiger partial charge on any atom is 0.235 e. The van der Waals surface area contributed by atoms with Gasteiger partial charge in [0, 0.05) is 0 Å². The molecular formula is H2INaO4Se. The van der Waals surface area contributed by atoms with E-state index in [-0.39, 0.29) is 53.5 Å². The van der Waals surface area contributed by atoms with Crippen LogP contribution in [0.3, 0.4) is 0 Å². The Morgan fingerprint density at radius 1 is 1.14 bits per heavy atom. The molecule has 7 heteroatoms. The predicted octanol–water partition coefficient (Wildman–Crippen LogP) is -9.52. The van der Waals surface area contributed by atoms with Crippen LogP contribution in [0.4, 0.5) is 0 Å².